The molecule has 1 unspecified atom stereocenters. The zero-order valence-corrected chi connectivity index (χ0v) is 18.2. The number of benzene rings is 2. The molecule has 3 rings (SSSR count). The predicted molar refractivity (Wildman–Crippen MR) is 116 cm³/mol. The van der Waals surface area contributed by atoms with Gasteiger partial charge in [-0.1, -0.05) is 36.9 Å². The molecule has 1 aliphatic rings. The molecule has 0 spiro atoms. The molecule has 11 heteroatoms. The summed E-state index contributed by atoms with van der Waals surface area (Å²) >= 11 is 0. The largest absolute Gasteiger partial charge is 0.573 e. The van der Waals surface area contributed by atoms with Gasteiger partial charge in [0.15, 0.2) is 0 Å². The van der Waals surface area contributed by atoms with E-state index in [-0.39, 0.29) is 6.61 Å². The van der Waals surface area contributed by atoms with Crippen molar-refractivity contribution in [2.24, 2.45) is 0 Å². The third-order valence-corrected chi connectivity index (χ3v) is 4.87. The van der Waals surface area contributed by atoms with Gasteiger partial charge in [-0.3, -0.25) is 0 Å². The fourth-order valence-corrected chi connectivity index (χ4v) is 3.35. The van der Waals surface area contributed by atoms with Crippen LogP contribution in [0.2, 0.25) is 0 Å². The van der Waals surface area contributed by atoms with Gasteiger partial charge in [0.05, 0.1) is 11.7 Å². The zero-order valence-electron chi connectivity index (χ0n) is 18.2. The van der Waals surface area contributed by atoms with Gasteiger partial charge in [-0.2, -0.15) is 17.6 Å². The standard InChI is InChI=1S/C24H20F7NO3/c1-3-14(11-16(4-2)34-23(27,28)22(25)26)20-13-33-21-18(9-6-10-19(21)32-20)15-7-5-8-17(12-15)35-24(29,30)31/h3-12,20,22,32H,2,13H2,1H3/b14-3+,16-11+. The summed E-state index contributed by atoms with van der Waals surface area (Å²) in [6, 6.07) is 9.76. The molecule has 2 aromatic rings. The number of hydrogen-bond donors (Lipinski definition) is 1. The monoisotopic (exact) mass is 503 g/mol. The number of halogens is 7. The summed E-state index contributed by atoms with van der Waals surface area (Å²) in [7, 11) is 0. The number of hydrogen-bond acceptors (Lipinski definition) is 4. The summed E-state index contributed by atoms with van der Waals surface area (Å²) in [5.74, 6) is -0.601. The number of ether oxygens (including phenoxy) is 3. The van der Waals surface area contributed by atoms with Crippen LogP contribution in [0, 0.1) is 0 Å². The van der Waals surface area contributed by atoms with Gasteiger partial charge in [0.1, 0.15) is 23.9 Å². The minimum Gasteiger partial charge on any atom is -0.488 e. The van der Waals surface area contributed by atoms with Gasteiger partial charge in [0.2, 0.25) is 0 Å². The number of para-hydroxylation sites is 1. The van der Waals surface area contributed by atoms with Crippen molar-refractivity contribution in [3.63, 3.8) is 0 Å². The lowest BCUT2D eigenvalue weighted by Crippen LogP contribution is -2.33. The molecule has 0 saturated carbocycles. The van der Waals surface area contributed by atoms with E-state index in [0.29, 0.717) is 28.1 Å². The predicted octanol–water partition coefficient (Wildman–Crippen LogP) is 7.32. The maximum absolute atomic E-state index is 13.3. The fraction of sp³-hybridized carbons (Fsp3) is 0.250. The lowest BCUT2D eigenvalue weighted by Gasteiger charge is -2.30. The molecule has 0 bridgehead atoms. The second-order valence-corrected chi connectivity index (χ2v) is 7.27. The second kappa shape index (κ2) is 10.3. The molecule has 1 heterocycles. The molecular formula is C24H20F7NO3. The van der Waals surface area contributed by atoms with E-state index in [1.165, 1.54) is 18.2 Å². The summed E-state index contributed by atoms with van der Waals surface area (Å²) < 4.78 is 103. The molecule has 35 heavy (non-hydrogen) atoms. The lowest BCUT2D eigenvalue weighted by molar-refractivity contribution is -0.279. The molecule has 188 valence electrons. The molecule has 0 radical (unpaired) electrons. The van der Waals surface area contributed by atoms with E-state index in [1.54, 1.807) is 37.3 Å². The number of allylic oxidation sites excluding steroid dienone is 2. The van der Waals surface area contributed by atoms with Gasteiger partial charge < -0.3 is 19.5 Å². The highest BCUT2D eigenvalue weighted by Crippen LogP contribution is 2.41. The van der Waals surface area contributed by atoms with Crippen LogP contribution < -0.4 is 14.8 Å². The van der Waals surface area contributed by atoms with Crippen molar-refractivity contribution in [2.75, 3.05) is 11.9 Å². The fourth-order valence-electron chi connectivity index (χ4n) is 3.35. The van der Waals surface area contributed by atoms with E-state index < -0.39 is 36.4 Å². The first-order valence-corrected chi connectivity index (χ1v) is 10.2. The topological polar surface area (TPSA) is 39.7 Å². The zero-order chi connectivity index (χ0) is 25.8. The highest BCUT2D eigenvalue weighted by atomic mass is 19.4. The molecule has 0 amide bonds. The van der Waals surface area contributed by atoms with Crippen molar-refractivity contribution >= 4 is 5.69 Å². The maximum Gasteiger partial charge on any atom is 0.573 e. The quantitative estimate of drug-likeness (QED) is 0.233. The van der Waals surface area contributed by atoms with Gasteiger partial charge >= 0.3 is 18.9 Å². The van der Waals surface area contributed by atoms with Crippen molar-refractivity contribution in [3.8, 4) is 22.6 Å². The van der Waals surface area contributed by atoms with Crippen molar-refractivity contribution in [1.29, 1.82) is 0 Å². The molecule has 1 atom stereocenters. The van der Waals surface area contributed by atoms with Crippen molar-refractivity contribution in [1.82, 2.24) is 0 Å². The van der Waals surface area contributed by atoms with Gasteiger partial charge in [-0.25, -0.2) is 0 Å². The lowest BCUT2D eigenvalue weighted by atomic mass is 10.00. The first-order chi connectivity index (χ1) is 16.4. The number of alkyl halides is 7. The van der Waals surface area contributed by atoms with Crippen LogP contribution >= 0.6 is 0 Å². The molecule has 0 aromatic heterocycles. The van der Waals surface area contributed by atoms with Gasteiger partial charge in [-0.15, -0.1) is 13.2 Å². The number of anilines is 1. The minimum absolute atomic E-state index is 0.00537. The van der Waals surface area contributed by atoms with Crippen LogP contribution in [0.3, 0.4) is 0 Å². The molecule has 0 aliphatic carbocycles. The Bertz CT molecular complexity index is 1130. The summed E-state index contributed by atoms with van der Waals surface area (Å²) in [6.07, 6.45) is -9.99. The third-order valence-electron chi connectivity index (χ3n) is 4.87. The van der Waals surface area contributed by atoms with Crippen LogP contribution in [0.1, 0.15) is 6.92 Å². The van der Waals surface area contributed by atoms with Gasteiger partial charge in [-0.05, 0) is 48.4 Å². The van der Waals surface area contributed by atoms with Gasteiger partial charge in [0.25, 0.3) is 0 Å². The van der Waals surface area contributed by atoms with E-state index in [9.17, 15) is 30.7 Å². The molecule has 0 fully saturated rings. The van der Waals surface area contributed by atoms with Crippen LogP contribution in [0.5, 0.6) is 11.5 Å². The Balaban J connectivity index is 1.85. The van der Waals surface area contributed by atoms with Crippen molar-refractivity contribution in [2.45, 2.75) is 31.9 Å². The molecule has 1 N–H and O–H groups in total. The number of rotatable bonds is 8. The van der Waals surface area contributed by atoms with E-state index in [0.717, 1.165) is 12.2 Å². The average Bonchev–Trinajstić information content (AvgIpc) is 2.79. The van der Waals surface area contributed by atoms with E-state index in [2.05, 4.69) is 21.4 Å². The average molecular weight is 503 g/mol. The second-order valence-electron chi connectivity index (χ2n) is 7.27. The Morgan fingerprint density at radius 3 is 2.49 bits per heavy atom. The minimum atomic E-state index is -4.84. The first-order valence-electron chi connectivity index (χ1n) is 10.2. The molecule has 2 aromatic carbocycles. The summed E-state index contributed by atoms with van der Waals surface area (Å²) in [5, 5.41) is 3.15. The molecule has 1 aliphatic heterocycles. The summed E-state index contributed by atoms with van der Waals surface area (Å²) in [4.78, 5) is 0. The van der Waals surface area contributed by atoms with Crippen LogP contribution in [0.25, 0.3) is 11.1 Å². The van der Waals surface area contributed by atoms with Crippen LogP contribution in [0.15, 0.2) is 78.6 Å². The van der Waals surface area contributed by atoms with E-state index in [1.807, 2.05) is 0 Å². The first kappa shape index (κ1) is 26.0. The Morgan fingerprint density at radius 1 is 1.14 bits per heavy atom. The van der Waals surface area contributed by atoms with E-state index in [4.69, 9.17) is 4.74 Å². The van der Waals surface area contributed by atoms with E-state index >= 15 is 0 Å². The number of fused-ring (bicyclic) bond motifs is 1. The molecule has 0 saturated heterocycles. The van der Waals surface area contributed by atoms with Crippen LogP contribution in [-0.2, 0) is 4.74 Å². The Kier molecular flexibility index (Phi) is 7.67. The Morgan fingerprint density at radius 2 is 1.86 bits per heavy atom. The van der Waals surface area contributed by atoms with Crippen LogP contribution in [0.4, 0.5) is 36.4 Å². The Labute approximate surface area is 196 Å². The van der Waals surface area contributed by atoms with Crippen molar-refractivity contribution < 1.29 is 44.9 Å². The Hall–Kier alpha value is -3.63. The number of nitrogens with one attached hydrogen (secondary N) is 1. The summed E-state index contributed by atoms with van der Waals surface area (Å²) in [6.45, 7) is 4.92. The molecule has 4 nitrogen and oxygen atoms in total. The summed E-state index contributed by atoms with van der Waals surface area (Å²) in [5.41, 5.74) is 1.77. The smallest absolute Gasteiger partial charge is 0.488 e. The highest BCUT2D eigenvalue weighted by Gasteiger charge is 2.44. The van der Waals surface area contributed by atoms with Gasteiger partial charge in [0, 0.05) is 5.56 Å². The third kappa shape index (κ3) is 6.49. The highest BCUT2D eigenvalue weighted by molar-refractivity contribution is 5.80. The normalized spacial score (nSPS) is 16.8. The SMILES string of the molecule is C=C/C(=C\C(=C/C)C1COc2c(cccc2-c2cccc(OC(F)(F)F)c2)N1)OC(F)(F)C(F)F. The van der Waals surface area contributed by atoms with Crippen molar-refractivity contribution in [3.05, 3.63) is 78.6 Å². The van der Waals surface area contributed by atoms with Crippen LogP contribution in [-0.4, -0.2) is 31.5 Å². The maximum atomic E-state index is 13.3. The molecular weight excluding hydrogens is 483 g/mol.